The lowest BCUT2D eigenvalue weighted by atomic mass is 10.2. The van der Waals surface area contributed by atoms with Gasteiger partial charge in [-0.25, -0.2) is 0 Å². The third-order valence-electron chi connectivity index (χ3n) is 3.48. The predicted molar refractivity (Wildman–Crippen MR) is 96.1 cm³/mol. The number of carbonyl (C=O) groups is 2. The van der Waals surface area contributed by atoms with Gasteiger partial charge in [0.1, 0.15) is 17.4 Å². The molecular weight excluding hydrogens is 356 g/mol. The monoisotopic (exact) mass is 376 g/mol. The summed E-state index contributed by atoms with van der Waals surface area (Å²) in [6.45, 7) is 0.303. The fourth-order valence-electron chi connectivity index (χ4n) is 2.10. The van der Waals surface area contributed by atoms with E-state index in [9.17, 15) is 19.7 Å². The van der Waals surface area contributed by atoms with Gasteiger partial charge in [-0.05, 0) is 18.9 Å². The van der Waals surface area contributed by atoms with Crippen LogP contribution >= 0.6 is 0 Å². The topological polar surface area (TPSA) is 155 Å². The molecule has 1 rings (SSSR count). The summed E-state index contributed by atoms with van der Waals surface area (Å²) in [7, 11) is 1.39. The van der Waals surface area contributed by atoms with Crippen LogP contribution in [0.15, 0.2) is 30.0 Å². The number of carbonyl (C=O) groups excluding carboxylic acids is 1. The number of nitro groups is 1. The summed E-state index contributed by atoms with van der Waals surface area (Å²) in [5.41, 5.74) is -0.147. The smallest absolute Gasteiger partial charge is 0.303 e. The van der Waals surface area contributed by atoms with E-state index in [0.717, 1.165) is 6.20 Å². The van der Waals surface area contributed by atoms with Crippen LogP contribution in [0.2, 0.25) is 0 Å². The van der Waals surface area contributed by atoms with Gasteiger partial charge in [0.15, 0.2) is 0 Å². The molecule has 0 aliphatic rings. The first-order valence-electron chi connectivity index (χ1n) is 8.08. The average Bonchev–Trinajstić information content (AvgIpc) is 2.64. The quantitative estimate of drug-likeness (QED) is 0.174. The molecule has 0 saturated carbocycles. The van der Waals surface area contributed by atoms with Crippen LogP contribution in [-0.4, -0.2) is 35.6 Å². The second kappa shape index (κ2) is 11.1. The summed E-state index contributed by atoms with van der Waals surface area (Å²) >= 11 is 0. The highest BCUT2D eigenvalue weighted by Crippen LogP contribution is 2.28. The molecule has 0 atom stereocenters. The number of benzene rings is 1. The molecule has 27 heavy (non-hydrogen) atoms. The first kappa shape index (κ1) is 21.4. The van der Waals surface area contributed by atoms with E-state index in [1.807, 2.05) is 0 Å². The molecule has 144 valence electrons. The number of methoxy groups -OCH3 is 1. The molecule has 0 saturated heterocycles. The third kappa shape index (κ3) is 7.43. The second-order valence-electron chi connectivity index (χ2n) is 5.42. The van der Waals surface area contributed by atoms with E-state index >= 15 is 0 Å². The molecule has 0 radical (unpaired) electrons. The summed E-state index contributed by atoms with van der Waals surface area (Å²) in [6, 6.07) is 5.65. The summed E-state index contributed by atoms with van der Waals surface area (Å²) < 4.78 is 5.09. The van der Waals surface area contributed by atoms with E-state index in [1.165, 1.54) is 25.3 Å². The lowest BCUT2D eigenvalue weighted by molar-refractivity contribution is -0.384. The van der Waals surface area contributed by atoms with Gasteiger partial charge in [-0.15, -0.1) is 0 Å². The molecule has 0 aliphatic heterocycles. The van der Waals surface area contributed by atoms with Crippen molar-refractivity contribution in [2.45, 2.75) is 25.7 Å². The van der Waals surface area contributed by atoms with Crippen LogP contribution in [0.1, 0.15) is 25.7 Å². The highest BCUT2D eigenvalue weighted by molar-refractivity contribution is 5.97. The average molecular weight is 376 g/mol. The zero-order chi connectivity index (χ0) is 20.2. The molecule has 0 unspecified atom stereocenters. The van der Waals surface area contributed by atoms with Gasteiger partial charge in [0, 0.05) is 31.3 Å². The molecule has 0 bridgehead atoms. The number of nitriles is 1. The number of ether oxygens (including phenoxy) is 1. The second-order valence-corrected chi connectivity index (χ2v) is 5.42. The highest BCUT2D eigenvalue weighted by Gasteiger charge is 2.12. The fraction of sp³-hybridized carbons (Fsp3) is 0.353. The van der Waals surface area contributed by atoms with Crippen molar-refractivity contribution in [2.75, 3.05) is 19.0 Å². The van der Waals surface area contributed by atoms with Gasteiger partial charge in [0.25, 0.3) is 11.6 Å². The van der Waals surface area contributed by atoms with Crippen molar-refractivity contribution in [3.63, 3.8) is 0 Å². The molecule has 0 aromatic heterocycles. The van der Waals surface area contributed by atoms with Crippen molar-refractivity contribution >= 4 is 23.3 Å². The molecule has 1 aromatic rings. The van der Waals surface area contributed by atoms with Crippen molar-refractivity contribution < 1.29 is 24.4 Å². The first-order chi connectivity index (χ1) is 12.9. The molecule has 0 aliphatic carbocycles. The van der Waals surface area contributed by atoms with E-state index in [1.54, 1.807) is 6.07 Å². The van der Waals surface area contributed by atoms with Crippen LogP contribution in [0.3, 0.4) is 0 Å². The standard InChI is InChI=1S/C17H20N4O6/c1-27-15-7-6-13(21(25)26)9-14(15)20-11-12(10-18)17(24)19-8-4-2-3-5-16(22)23/h6-7,9,11,20H,2-5,8H2,1H3,(H,19,24)(H,22,23)/b12-11-. The van der Waals surface area contributed by atoms with Gasteiger partial charge < -0.3 is 20.5 Å². The Morgan fingerprint density at radius 1 is 1.37 bits per heavy atom. The molecule has 0 fully saturated rings. The van der Waals surface area contributed by atoms with Gasteiger partial charge in [-0.2, -0.15) is 5.26 Å². The molecule has 0 heterocycles. The zero-order valence-electron chi connectivity index (χ0n) is 14.7. The number of carboxylic acids is 1. The van der Waals surface area contributed by atoms with Gasteiger partial charge in [0.05, 0.1) is 17.7 Å². The predicted octanol–water partition coefficient (Wildman–Crippen LogP) is 2.18. The van der Waals surface area contributed by atoms with Gasteiger partial charge in [0.2, 0.25) is 0 Å². The Labute approximate surface area is 155 Å². The van der Waals surface area contributed by atoms with Crippen LogP contribution < -0.4 is 15.4 Å². The molecule has 10 heteroatoms. The number of rotatable bonds is 11. The summed E-state index contributed by atoms with van der Waals surface area (Å²) in [4.78, 5) is 32.7. The maximum atomic E-state index is 12.0. The molecular formula is C17H20N4O6. The van der Waals surface area contributed by atoms with Crippen molar-refractivity contribution in [1.82, 2.24) is 5.32 Å². The number of hydrogen-bond donors (Lipinski definition) is 3. The number of carboxylic acid groups (broad SMARTS) is 1. The number of nitrogens with one attached hydrogen (secondary N) is 2. The maximum Gasteiger partial charge on any atom is 0.303 e. The minimum atomic E-state index is -0.864. The van der Waals surface area contributed by atoms with Crippen LogP contribution in [0.5, 0.6) is 5.75 Å². The van der Waals surface area contributed by atoms with Crippen molar-refractivity contribution in [1.29, 1.82) is 5.26 Å². The summed E-state index contributed by atoms with van der Waals surface area (Å²) in [6.07, 6.45) is 2.96. The van der Waals surface area contributed by atoms with Crippen LogP contribution in [0.4, 0.5) is 11.4 Å². The molecule has 10 nitrogen and oxygen atoms in total. The fourth-order valence-corrected chi connectivity index (χ4v) is 2.10. The maximum absolute atomic E-state index is 12.0. The van der Waals surface area contributed by atoms with Gasteiger partial charge in [-0.1, -0.05) is 6.42 Å². The molecule has 3 N–H and O–H groups in total. The number of non-ortho nitro benzene ring substituents is 1. The van der Waals surface area contributed by atoms with Crippen LogP contribution in [-0.2, 0) is 9.59 Å². The van der Waals surface area contributed by atoms with E-state index in [-0.39, 0.29) is 23.4 Å². The van der Waals surface area contributed by atoms with Crippen molar-refractivity contribution in [3.8, 4) is 11.8 Å². The van der Waals surface area contributed by atoms with Gasteiger partial charge >= 0.3 is 5.97 Å². The minimum absolute atomic E-state index is 0.0757. The SMILES string of the molecule is COc1ccc([N+](=O)[O-])cc1N/C=C(/C#N)C(=O)NCCCCCC(=O)O. The lowest BCUT2D eigenvalue weighted by Gasteiger charge is -2.09. The van der Waals surface area contributed by atoms with Crippen LogP contribution in [0.25, 0.3) is 0 Å². The number of hydrogen-bond acceptors (Lipinski definition) is 7. The van der Waals surface area contributed by atoms with Gasteiger partial charge in [-0.3, -0.25) is 19.7 Å². The summed E-state index contributed by atoms with van der Waals surface area (Å²) in [5, 5.41) is 33.7. The zero-order valence-corrected chi connectivity index (χ0v) is 14.7. The number of unbranched alkanes of at least 4 members (excludes halogenated alkanes) is 2. The third-order valence-corrected chi connectivity index (χ3v) is 3.48. The van der Waals surface area contributed by atoms with Crippen molar-refractivity contribution in [2.24, 2.45) is 0 Å². The molecule has 0 spiro atoms. The van der Waals surface area contributed by atoms with E-state index in [4.69, 9.17) is 15.1 Å². The molecule has 1 amide bonds. The first-order valence-corrected chi connectivity index (χ1v) is 8.08. The van der Waals surface area contributed by atoms with E-state index in [0.29, 0.717) is 31.6 Å². The Kier molecular flexibility index (Phi) is 8.80. The number of nitro benzene ring substituents is 1. The van der Waals surface area contributed by atoms with Crippen LogP contribution in [0, 0.1) is 21.4 Å². The highest BCUT2D eigenvalue weighted by atomic mass is 16.6. The Morgan fingerprint density at radius 3 is 2.70 bits per heavy atom. The largest absolute Gasteiger partial charge is 0.495 e. The Hall–Kier alpha value is -3.61. The Balaban J connectivity index is 2.65. The lowest BCUT2D eigenvalue weighted by Crippen LogP contribution is -2.26. The number of anilines is 1. The summed E-state index contributed by atoms with van der Waals surface area (Å²) in [5.74, 6) is -1.16. The normalized spacial score (nSPS) is 10.6. The minimum Gasteiger partial charge on any atom is -0.495 e. The number of nitrogens with zero attached hydrogens (tertiary/aromatic N) is 2. The molecule has 1 aromatic carbocycles. The Morgan fingerprint density at radius 2 is 2.11 bits per heavy atom. The number of aliphatic carboxylic acids is 1. The Bertz CT molecular complexity index is 769. The van der Waals surface area contributed by atoms with E-state index < -0.39 is 16.8 Å². The van der Waals surface area contributed by atoms with Crippen molar-refractivity contribution in [3.05, 3.63) is 40.1 Å². The number of amides is 1. The van der Waals surface area contributed by atoms with E-state index in [2.05, 4.69) is 10.6 Å².